The fourth-order valence-electron chi connectivity index (χ4n) is 2.92. The number of aryl methyl sites for hydroxylation is 1. The first-order chi connectivity index (χ1) is 16.4. The Morgan fingerprint density at radius 3 is 2.68 bits per heavy atom. The molecule has 0 bridgehead atoms. The second-order valence-electron chi connectivity index (χ2n) is 6.96. The summed E-state index contributed by atoms with van der Waals surface area (Å²) < 4.78 is 5.94. The molecular weight excluding hydrogens is 460 g/mol. The summed E-state index contributed by atoms with van der Waals surface area (Å²) in [6, 6.07) is 14.2. The van der Waals surface area contributed by atoms with Crippen molar-refractivity contribution in [2.45, 2.75) is 17.6 Å². The first-order valence-electron chi connectivity index (χ1n) is 9.82. The van der Waals surface area contributed by atoms with E-state index >= 15 is 0 Å². The van der Waals surface area contributed by atoms with E-state index in [0.29, 0.717) is 17.0 Å². The lowest BCUT2D eigenvalue weighted by Crippen LogP contribution is -2.20. The number of hydrogen-bond donors (Lipinski definition) is 3. The summed E-state index contributed by atoms with van der Waals surface area (Å²) in [4.78, 5) is 25.1. The predicted molar refractivity (Wildman–Crippen MR) is 123 cm³/mol. The monoisotopic (exact) mass is 478 g/mol. The number of carbonyl (C=O) groups excluding carboxylic acids is 1. The normalized spacial score (nSPS) is 11.1. The number of rotatable bonds is 8. The fraction of sp³-hybridized carbons (Fsp3) is 0.0952. The summed E-state index contributed by atoms with van der Waals surface area (Å²) in [6.07, 6.45) is 1.24. The van der Waals surface area contributed by atoms with Gasteiger partial charge in [-0.15, -0.1) is 16.9 Å². The summed E-state index contributed by atoms with van der Waals surface area (Å²) >= 11 is 1.46. The molecule has 0 saturated carbocycles. The minimum absolute atomic E-state index is 0.00863. The van der Waals surface area contributed by atoms with Gasteiger partial charge in [0.2, 0.25) is 11.6 Å². The Kier molecular flexibility index (Phi) is 6.64. The number of hydrazone groups is 1. The number of aromatic nitrogens is 5. The third-order valence-corrected chi connectivity index (χ3v) is 5.66. The zero-order valence-electron chi connectivity index (χ0n) is 17.7. The zero-order valence-corrected chi connectivity index (χ0v) is 18.6. The number of carboxylic acid groups (broad SMARTS) is 1. The van der Waals surface area contributed by atoms with Crippen LogP contribution < -0.4 is 11.2 Å². The molecule has 4 aromatic rings. The number of nitrogen functional groups attached to an aromatic ring is 1. The largest absolute Gasteiger partial charge is 0.478 e. The van der Waals surface area contributed by atoms with E-state index in [1.54, 1.807) is 18.2 Å². The molecule has 4 N–H and O–H groups in total. The topological polar surface area (TPSA) is 174 Å². The van der Waals surface area contributed by atoms with Crippen molar-refractivity contribution >= 4 is 35.7 Å². The maximum Gasteiger partial charge on any atom is 0.336 e. The van der Waals surface area contributed by atoms with Crippen LogP contribution >= 0.6 is 11.8 Å². The summed E-state index contributed by atoms with van der Waals surface area (Å²) in [7, 11) is 0. The Morgan fingerprint density at radius 2 is 1.97 bits per heavy atom. The van der Waals surface area contributed by atoms with Gasteiger partial charge in [0, 0.05) is 16.2 Å². The van der Waals surface area contributed by atoms with Gasteiger partial charge in [-0.3, -0.25) is 4.79 Å². The van der Waals surface area contributed by atoms with E-state index in [1.807, 2.05) is 31.2 Å². The maximum absolute atomic E-state index is 12.8. The van der Waals surface area contributed by atoms with Gasteiger partial charge >= 0.3 is 5.97 Å². The third-order valence-electron chi connectivity index (χ3n) is 4.63. The Labute approximate surface area is 196 Å². The number of benzene rings is 2. The number of thioether (sulfide) groups is 1. The SMILES string of the molecule is Cc1ccc(SCc2c(C(=O)N/N=C/c3ccccc3C(=O)O)nnn2-c2nonc2N)cc1. The molecule has 0 atom stereocenters. The van der Waals surface area contributed by atoms with Crippen LogP contribution in [0.1, 0.15) is 37.7 Å². The molecule has 13 heteroatoms. The molecule has 12 nitrogen and oxygen atoms in total. The van der Waals surface area contributed by atoms with Gasteiger partial charge in [-0.05, 0) is 35.4 Å². The molecular formula is C21H18N8O4S. The lowest BCUT2D eigenvalue weighted by molar-refractivity contribution is 0.0696. The van der Waals surface area contributed by atoms with Crippen molar-refractivity contribution in [2.24, 2.45) is 5.10 Å². The lowest BCUT2D eigenvalue weighted by Gasteiger charge is -2.06. The summed E-state index contributed by atoms with van der Waals surface area (Å²) in [5.74, 6) is -1.36. The molecule has 0 spiro atoms. The third kappa shape index (κ3) is 4.94. The second-order valence-corrected chi connectivity index (χ2v) is 8.01. The van der Waals surface area contributed by atoms with Gasteiger partial charge in [0.15, 0.2) is 5.69 Å². The van der Waals surface area contributed by atoms with Crippen molar-refractivity contribution in [3.8, 4) is 5.82 Å². The molecule has 0 unspecified atom stereocenters. The van der Waals surface area contributed by atoms with Crippen LogP contribution in [0, 0.1) is 6.92 Å². The van der Waals surface area contributed by atoms with E-state index in [2.05, 4.69) is 35.8 Å². The van der Waals surface area contributed by atoms with Crippen LogP contribution in [-0.2, 0) is 5.75 Å². The molecule has 1 amide bonds. The molecule has 0 radical (unpaired) electrons. The number of amides is 1. The summed E-state index contributed by atoms with van der Waals surface area (Å²) in [5, 5.41) is 28.4. The van der Waals surface area contributed by atoms with E-state index in [0.717, 1.165) is 10.5 Å². The minimum atomic E-state index is -1.11. The molecule has 2 aromatic carbocycles. The smallest absolute Gasteiger partial charge is 0.336 e. The summed E-state index contributed by atoms with van der Waals surface area (Å²) in [6.45, 7) is 1.99. The second kappa shape index (κ2) is 9.95. The van der Waals surface area contributed by atoms with Crippen molar-refractivity contribution in [1.82, 2.24) is 30.7 Å². The van der Waals surface area contributed by atoms with Crippen molar-refractivity contribution in [1.29, 1.82) is 0 Å². The first-order valence-corrected chi connectivity index (χ1v) is 10.8. The van der Waals surface area contributed by atoms with Gasteiger partial charge in [0.1, 0.15) is 0 Å². The molecule has 0 saturated heterocycles. The Hall–Kier alpha value is -4.52. The van der Waals surface area contributed by atoms with E-state index in [1.165, 1.54) is 28.7 Å². The van der Waals surface area contributed by atoms with Crippen LogP contribution in [-0.4, -0.2) is 48.5 Å². The standard InChI is InChI=1S/C21H18N8O4S/c1-12-6-8-14(9-7-12)34-11-16-17(24-28-29(16)19-18(22)26-33-27-19)20(30)25-23-10-13-4-2-3-5-15(13)21(31)32/h2-10H,11H2,1H3,(H2,22,26)(H,25,30)(H,31,32)/b23-10+. The van der Waals surface area contributed by atoms with Crippen LogP contribution in [0.4, 0.5) is 5.82 Å². The van der Waals surface area contributed by atoms with E-state index in [9.17, 15) is 14.7 Å². The number of nitrogens with zero attached hydrogens (tertiary/aromatic N) is 6. The highest BCUT2D eigenvalue weighted by Crippen LogP contribution is 2.26. The van der Waals surface area contributed by atoms with Crippen LogP contribution in [0.3, 0.4) is 0 Å². The molecule has 0 aliphatic carbocycles. The molecule has 0 aliphatic rings. The number of nitrogens with two attached hydrogens (primary N) is 1. The van der Waals surface area contributed by atoms with Gasteiger partial charge in [0.05, 0.1) is 17.5 Å². The molecule has 172 valence electrons. The van der Waals surface area contributed by atoms with Crippen molar-refractivity contribution in [2.75, 3.05) is 5.73 Å². The maximum atomic E-state index is 12.8. The van der Waals surface area contributed by atoms with Gasteiger partial charge in [-0.25, -0.2) is 14.8 Å². The molecule has 2 heterocycles. The number of carbonyl (C=O) groups is 2. The van der Waals surface area contributed by atoms with Gasteiger partial charge in [-0.1, -0.05) is 41.1 Å². The highest BCUT2D eigenvalue weighted by molar-refractivity contribution is 7.98. The number of carboxylic acids is 1. The average Bonchev–Trinajstić information content (AvgIpc) is 3.44. The molecule has 0 fully saturated rings. The highest BCUT2D eigenvalue weighted by atomic mass is 32.2. The number of nitrogens with one attached hydrogen (secondary N) is 1. The molecule has 34 heavy (non-hydrogen) atoms. The van der Waals surface area contributed by atoms with Gasteiger partial charge < -0.3 is 10.8 Å². The fourth-order valence-corrected chi connectivity index (χ4v) is 3.81. The van der Waals surface area contributed by atoms with Crippen LogP contribution in [0.15, 0.2) is 63.2 Å². The van der Waals surface area contributed by atoms with Gasteiger partial charge in [0.25, 0.3) is 5.91 Å². The van der Waals surface area contributed by atoms with Crippen LogP contribution in [0.5, 0.6) is 0 Å². The van der Waals surface area contributed by atoms with E-state index in [4.69, 9.17) is 5.73 Å². The number of hydrogen-bond acceptors (Lipinski definition) is 10. The average molecular weight is 478 g/mol. The first kappa shape index (κ1) is 22.7. The quantitative estimate of drug-likeness (QED) is 0.194. The van der Waals surface area contributed by atoms with E-state index in [-0.39, 0.29) is 22.9 Å². The zero-order chi connectivity index (χ0) is 24.1. The predicted octanol–water partition coefficient (Wildman–Crippen LogP) is 2.30. The van der Waals surface area contributed by atoms with Crippen molar-refractivity contribution in [3.05, 3.63) is 76.6 Å². The minimum Gasteiger partial charge on any atom is -0.478 e. The molecule has 2 aromatic heterocycles. The van der Waals surface area contributed by atoms with E-state index < -0.39 is 11.9 Å². The Balaban J connectivity index is 1.58. The van der Waals surface area contributed by atoms with Gasteiger partial charge in [-0.2, -0.15) is 9.78 Å². The Bertz CT molecular complexity index is 1360. The molecule has 0 aliphatic heterocycles. The highest BCUT2D eigenvalue weighted by Gasteiger charge is 2.24. The van der Waals surface area contributed by atoms with Crippen LogP contribution in [0.2, 0.25) is 0 Å². The number of aromatic carboxylic acids is 1. The van der Waals surface area contributed by atoms with Crippen molar-refractivity contribution < 1.29 is 19.3 Å². The molecule has 4 rings (SSSR count). The lowest BCUT2D eigenvalue weighted by atomic mass is 10.1. The summed E-state index contributed by atoms with van der Waals surface area (Å²) in [5.41, 5.74) is 10.0. The Morgan fingerprint density at radius 1 is 1.21 bits per heavy atom. The van der Waals surface area contributed by atoms with Crippen LogP contribution in [0.25, 0.3) is 5.82 Å². The number of anilines is 1. The van der Waals surface area contributed by atoms with Crippen molar-refractivity contribution in [3.63, 3.8) is 0 Å².